The monoisotopic (exact) mass is 438 g/mol. The lowest BCUT2D eigenvalue weighted by Gasteiger charge is -2.21. The fourth-order valence-corrected chi connectivity index (χ4v) is 4.61. The van der Waals surface area contributed by atoms with E-state index >= 15 is 0 Å². The molecule has 1 heterocycles. The molecule has 1 aromatic heterocycles. The van der Waals surface area contributed by atoms with E-state index in [0.29, 0.717) is 23.3 Å². The number of rotatable bonds is 6. The van der Waals surface area contributed by atoms with Crippen molar-refractivity contribution in [3.63, 3.8) is 0 Å². The van der Waals surface area contributed by atoms with Crippen molar-refractivity contribution in [3.8, 4) is 0 Å². The molecule has 0 saturated heterocycles. The highest BCUT2D eigenvalue weighted by Gasteiger charge is 2.21. The van der Waals surface area contributed by atoms with Crippen LogP contribution in [0.4, 0.5) is 11.5 Å². The molecule has 8 heteroatoms. The largest absolute Gasteiger partial charge is 0.365 e. The number of carbonyl (C=O) groups excluding carboxylic acids is 1. The molecule has 162 valence electrons. The Morgan fingerprint density at radius 2 is 1.87 bits per heavy atom. The molecular formula is C23H26N4O3S. The van der Waals surface area contributed by atoms with Crippen molar-refractivity contribution in [2.45, 2.75) is 43.5 Å². The number of aromatic nitrogens is 2. The van der Waals surface area contributed by atoms with E-state index in [1.165, 1.54) is 19.0 Å². The highest BCUT2D eigenvalue weighted by Crippen LogP contribution is 2.26. The highest BCUT2D eigenvalue weighted by atomic mass is 32.2. The molecule has 1 amide bonds. The van der Waals surface area contributed by atoms with Gasteiger partial charge in [0.2, 0.25) is 5.91 Å². The van der Waals surface area contributed by atoms with Crippen molar-refractivity contribution < 1.29 is 13.2 Å². The summed E-state index contributed by atoms with van der Waals surface area (Å²) >= 11 is 0. The first-order valence-electron chi connectivity index (χ1n) is 10.5. The molecule has 1 saturated carbocycles. The number of carbonyl (C=O) groups is 1. The van der Waals surface area contributed by atoms with Gasteiger partial charge in [0, 0.05) is 29.8 Å². The molecule has 0 atom stereocenters. The van der Waals surface area contributed by atoms with Crippen LogP contribution in [0.15, 0.2) is 53.7 Å². The molecule has 31 heavy (non-hydrogen) atoms. The third kappa shape index (κ3) is 5.19. The zero-order valence-electron chi connectivity index (χ0n) is 17.5. The van der Waals surface area contributed by atoms with Gasteiger partial charge in [-0.25, -0.2) is 18.4 Å². The Labute approximate surface area is 182 Å². The first-order chi connectivity index (χ1) is 14.9. The normalized spacial score (nSPS) is 15.0. The van der Waals surface area contributed by atoms with Crippen LogP contribution in [0.25, 0.3) is 10.9 Å². The van der Waals surface area contributed by atoms with Gasteiger partial charge in [-0.1, -0.05) is 31.4 Å². The minimum absolute atomic E-state index is 0.0971. The Morgan fingerprint density at radius 1 is 1.06 bits per heavy atom. The number of sulfone groups is 1. The summed E-state index contributed by atoms with van der Waals surface area (Å²) < 4.78 is 23.8. The van der Waals surface area contributed by atoms with Crippen LogP contribution in [0.1, 0.15) is 37.7 Å². The highest BCUT2D eigenvalue weighted by molar-refractivity contribution is 7.90. The summed E-state index contributed by atoms with van der Waals surface area (Å²) in [6.45, 7) is 0.475. The summed E-state index contributed by atoms with van der Waals surface area (Å²) in [5.41, 5.74) is 2.42. The van der Waals surface area contributed by atoms with E-state index in [0.717, 1.165) is 36.9 Å². The topological polar surface area (TPSA) is 101 Å². The number of fused-ring (bicyclic) bond motifs is 1. The van der Waals surface area contributed by atoms with Gasteiger partial charge in [0.25, 0.3) is 0 Å². The molecule has 1 aliphatic rings. The van der Waals surface area contributed by atoms with Crippen LogP contribution >= 0.6 is 0 Å². The van der Waals surface area contributed by atoms with E-state index in [9.17, 15) is 13.2 Å². The molecule has 0 bridgehead atoms. The van der Waals surface area contributed by atoms with Crippen LogP contribution in [0.5, 0.6) is 0 Å². The molecular weight excluding hydrogens is 412 g/mol. The predicted molar refractivity (Wildman–Crippen MR) is 122 cm³/mol. The van der Waals surface area contributed by atoms with Crippen LogP contribution < -0.4 is 10.6 Å². The summed E-state index contributed by atoms with van der Waals surface area (Å²) in [5, 5.41) is 6.96. The summed E-state index contributed by atoms with van der Waals surface area (Å²) in [6, 6.07) is 12.5. The van der Waals surface area contributed by atoms with Gasteiger partial charge in [-0.3, -0.25) is 4.79 Å². The second kappa shape index (κ2) is 9.01. The molecule has 1 fully saturated rings. The van der Waals surface area contributed by atoms with Crippen LogP contribution in [0.2, 0.25) is 0 Å². The van der Waals surface area contributed by atoms with Crippen molar-refractivity contribution in [3.05, 3.63) is 54.4 Å². The number of hydrogen-bond acceptors (Lipinski definition) is 6. The summed E-state index contributed by atoms with van der Waals surface area (Å²) in [4.78, 5) is 21.3. The summed E-state index contributed by atoms with van der Waals surface area (Å²) in [7, 11) is -3.33. The third-order valence-electron chi connectivity index (χ3n) is 5.67. The van der Waals surface area contributed by atoms with Crippen LogP contribution in [-0.4, -0.2) is 30.5 Å². The van der Waals surface area contributed by atoms with Gasteiger partial charge in [0.05, 0.1) is 10.4 Å². The van der Waals surface area contributed by atoms with Crippen LogP contribution in [0.3, 0.4) is 0 Å². The fourth-order valence-electron chi connectivity index (χ4n) is 3.96. The molecule has 0 radical (unpaired) electrons. The zero-order chi connectivity index (χ0) is 21.8. The Bertz CT molecular complexity index is 1200. The lowest BCUT2D eigenvalue weighted by Crippen LogP contribution is -2.24. The number of anilines is 2. The van der Waals surface area contributed by atoms with E-state index < -0.39 is 9.84 Å². The second-order valence-corrected chi connectivity index (χ2v) is 10.1. The number of hydrogen-bond donors (Lipinski definition) is 2. The molecule has 2 N–H and O–H groups in total. The Balaban J connectivity index is 1.48. The first kappa shape index (κ1) is 21.2. The van der Waals surface area contributed by atoms with Crippen LogP contribution in [0, 0.1) is 5.92 Å². The van der Waals surface area contributed by atoms with Crippen molar-refractivity contribution in [1.29, 1.82) is 0 Å². The van der Waals surface area contributed by atoms with Gasteiger partial charge in [0.15, 0.2) is 9.84 Å². The molecule has 7 nitrogen and oxygen atoms in total. The van der Waals surface area contributed by atoms with Crippen molar-refractivity contribution in [2.75, 3.05) is 16.9 Å². The molecule has 1 aliphatic carbocycles. The van der Waals surface area contributed by atoms with Crippen molar-refractivity contribution in [1.82, 2.24) is 9.97 Å². The number of benzene rings is 2. The second-order valence-electron chi connectivity index (χ2n) is 8.05. The lowest BCUT2D eigenvalue weighted by molar-refractivity contribution is -0.120. The zero-order valence-corrected chi connectivity index (χ0v) is 18.3. The van der Waals surface area contributed by atoms with Gasteiger partial charge in [0.1, 0.15) is 12.1 Å². The molecule has 2 aromatic carbocycles. The van der Waals surface area contributed by atoms with E-state index in [4.69, 9.17) is 0 Å². The van der Waals surface area contributed by atoms with Gasteiger partial charge in [-0.05, 0) is 48.7 Å². The maximum atomic E-state index is 12.5. The number of nitrogens with one attached hydrogen (secondary N) is 2. The standard InChI is InChI=1S/C23H26N4O3S/c1-31(29,30)19-10-11-21-20(13-19)22(26-15-25-21)24-14-16-6-5-9-18(12-16)27-23(28)17-7-3-2-4-8-17/h5-6,9-13,15,17H,2-4,7-8,14H2,1H3,(H,27,28)(H,24,25,26). The third-order valence-corrected chi connectivity index (χ3v) is 6.78. The Morgan fingerprint density at radius 3 is 2.65 bits per heavy atom. The quantitative estimate of drug-likeness (QED) is 0.599. The van der Waals surface area contributed by atoms with E-state index in [2.05, 4.69) is 20.6 Å². The van der Waals surface area contributed by atoms with Gasteiger partial charge in [-0.2, -0.15) is 0 Å². The average Bonchev–Trinajstić information content (AvgIpc) is 2.77. The minimum atomic E-state index is -3.33. The first-order valence-corrected chi connectivity index (χ1v) is 12.4. The summed E-state index contributed by atoms with van der Waals surface area (Å²) in [6.07, 6.45) is 8.01. The molecule has 4 rings (SSSR count). The summed E-state index contributed by atoms with van der Waals surface area (Å²) in [5.74, 6) is 0.763. The maximum Gasteiger partial charge on any atom is 0.227 e. The molecule has 0 spiro atoms. The molecule has 0 aliphatic heterocycles. The Hall–Kier alpha value is -3.00. The number of amides is 1. The van der Waals surface area contributed by atoms with Gasteiger partial charge < -0.3 is 10.6 Å². The maximum absolute atomic E-state index is 12.5. The smallest absolute Gasteiger partial charge is 0.227 e. The lowest BCUT2D eigenvalue weighted by atomic mass is 9.88. The number of nitrogens with zero attached hydrogens (tertiary/aromatic N) is 2. The minimum Gasteiger partial charge on any atom is -0.365 e. The van der Waals surface area contributed by atoms with Crippen molar-refractivity contribution >= 4 is 38.2 Å². The molecule has 3 aromatic rings. The van der Waals surface area contributed by atoms with Crippen LogP contribution in [-0.2, 0) is 21.2 Å². The average molecular weight is 439 g/mol. The fraction of sp³-hybridized carbons (Fsp3) is 0.348. The van der Waals surface area contributed by atoms with E-state index in [-0.39, 0.29) is 16.7 Å². The SMILES string of the molecule is CS(=O)(=O)c1ccc2ncnc(NCc3cccc(NC(=O)C4CCCCC4)c3)c2c1. The molecule has 0 unspecified atom stereocenters. The van der Waals surface area contributed by atoms with E-state index in [1.54, 1.807) is 18.2 Å². The van der Waals surface area contributed by atoms with Gasteiger partial charge >= 0.3 is 0 Å². The van der Waals surface area contributed by atoms with E-state index in [1.807, 2.05) is 24.3 Å². The Kier molecular flexibility index (Phi) is 6.18. The van der Waals surface area contributed by atoms with Crippen molar-refractivity contribution in [2.24, 2.45) is 5.92 Å². The predicted octanol–water partition coefficient (Wildman–Crippen LogP) is 4.16. The van der Waals surface area contributed by atoms with Gasteiger partial charge in [-0.15, -0.1) is 0 Å².